The van der Waals surface area contributed by atoms with Crippen molar-refractivity contribution in [2.45, 2.75) is 9.79 Å². The molecule has 0 saturated carbocycles. The van der Waals surface area contributed by atoms with Crippen molar-refractivity contribution < 1.29 is 13.2 Å². The first-order valence-electron chi connectivity index (χ1n) is 5.66. The van der Waals surface area contributed by atoms with Gasteiger partial charge in [-0.3, -0.25) is 0 Å². The molecule has 0 saturated heterocycles. The molecule has 0 aliphatic heterocycles. The van der Waals surface area contributed by atoms with E-state index in [2.05, 4.69) is 5.32 Å². The first kappa shape index (κ1) is 15.5. The molecule has 0 radical (unpaired) electrons. The second-order valence-electron chi connectivity index (χ2n) is 3.83. The molecule has 0 atom stereocenters. The van der Waals surface area contributed by atoms with Crippen LogP contribution in [0.2, 0.25) is 0 Å². The van der Waals surface area contributed by atoms with Crippen LogP contribution in [0.15, 0.2) is 34.1 Å². The van der Waals surface area contributed by atoms with Crippen LogP contribution in [0.1, 0.15) is 0 Å². The van der Waals surface area contributed by atoms with E-state index in [1.54, 1.807) is 31.0 Å². The molecule has 1 aromatic rings. The van der Waals surface area contributed by atoms with Gasteiger partial charge < -0.3 is 10.1 Å². The zero-order valence-corrected chi connectivity index (χ0v) is 12.3. The molecule has 0 amide bonds. The third-order valence-electron chi connectivity index (χ3n) is 2.28. The van der Waals surface area contributed by atoms with Gasteiger partial charge >= 0.3 is 0 Å². The van der Waals surface area contributed by atoms with Crippen molar-refractivity contribution in [3.63, 3.8) is 0 Å². The van der Waals surface area contributed by atoms with Gasteiger partial charge in [-0.15, -0.1) is 11.8 Å². The average Bonchev–Trinajstić information content (AvgIpc) is 2.33. The smallest absolute Gasteiger partial charge is 0.175 e. The number of nitrogens with one attached hydrogen (secondary N) is 1. The Hall–Kier alpha value is -0.560. The van der Waals surface area contributed by atoms with E-state index in [0.29, 0.717) is 11.5 Å². The standard InChI is InChI=1S/C12H19NO3S2/c1-16-9-7-13-8-10-17-11-3-5-12(6-4-11)18(2,14)15/h3-6,13H,7-10H2,1-2H3. The van der Waals surface area contributed by atoms with Crippen LogP contribution in [-0.2, 0) is 14.6 Å². The Kier molecular flexibility index (Phi) is 6.70. The molecule has 0 spiro atoms. The number of methoxy groups -OCH3 is 1. The van der Waals surface area contributed by atoms with Gasteiger partial charge in [-0.25, -0.2) is 8.42 Å². The number of ether oxygens (including phenoxy) is 1. The Morgan fingerprint density at radius 1 is 1.22 bits per heavy atom. The maximum atomic E-state index is 11.3. The quantitative estimate of drug-likeness (QED) is 0.579. The number of hydrogen-bond donors (Lipinski definition) is 1. The van der Waals surface area contributed by atoms with Crippen LogP contribution in [0.25, 0.3) is 0 Å². The molecule has 0 aliphatic carbocycles. The van der Waals surface area contributed by atoms with E-state index in [1.807, 2.05) is 12.1 Å². The highest BCUT2D eigenvalue weighted by Crippen LogP contribution is 2.19. The van der Waals surface area contributed by atoms with Gasteiger partial charge in [0.25, 0.3) is 0 Å². The van der Waals surface area contributed by atoms with E-state index in [1.165, 1.54) is 6.26 Å². The first-order chi connectivity index (χ1) is 8.54. The maximum Gasteiger partial charge on any atom is 0.175 e. The molecule has 102 valence electrons. The summed E-state index contributed by atoms with van der Waals surface area (Å²) in [6.07, 6.45) is 1.22. The minimum Gasteiger partial charge on any atom is -0.383 e. The number of benzene rings is 1. The summed E-state index contributed by atoms with van der Waals surface area (Å²) in [4.78, 5) is 1.45. The van der Waals surface area contributed by atoms with Crippen molar-refractivity contribution >= 4 is 21.6 Å². The van der Waals surface area contributed by atoms with Crippen molar-refractivity contribution in [2.24, 2.45) is 0 Å². The molecular weight excluding hydrogens is 270 g/mol. The summed E-state index contributed by atoms with van der Waals surface area (Å²) in [5.41, 5.74) is 0. The molecule has 0 aliphatic rings. The lowest BCUT2D eigenvalue weighted by Gasteiger charge is -2.05. The number of sulfone groups is 1. The van der Waals surface area contributed by atoms with E-state index in [4.69, 9.17) is 4.74 Å². The number of thioether (sulfide) groups is 1. The molecule has 0 heterocycles. The zero-order valence-electron chi connectivity index (χ0n) is 10.7. The van der Waals surface area contributed by atoms with E-state index in [9.17, 15) is 8.42 Å². The van der Waals surface area contributed by atoms with Gasteiger partial charge in [0.2, 0.25) is 0 Å². The second-order valence-corrected chi connectivity index (χ2v) is 7.02. The molecule has 0 aromatic heterocycles. The Morgan fingerprint density at radius 3 is 2.44 bits per heavy atom. The van der Waals surface area contributed by atoms with Crippen LogP contribution in [0.4, 0.5) is 0 Å². The molecule has 0 unspecified atom stereocenters. The lowest BCUT2D eigenvalue weighted by atomic mass is 10.4. The van der Waals surface area contributed by atoms with Gasteiger partial charge in [0.15, 0.2) is 9.84 Å². The topological polar surface area (TPSA) is 55.4 Å². The minimum absolute atomic E-state index is 0.366. The van der Waals surface area contributed by atoms with Gasteiger partial charge in [-0.2, -0.15) is 0 Å². The molecule has 1 aromatic carbocycles. The molecule has 1 N–H and O–H groups in total. The van der Waals surface area contributed by atoms with E-state index in [0.717, 1.165) is 23.7 Å². The molecule has 6 heteroatoms. The molecular formula is C12H19NO3S2. The van der Waals surface area contributed by atoms with Crippen molar-refractivity contribution in [1.29, 1.82) is 0 Å². The fourth-order valence-corrected chi connectivity index (χ4v) is 2.76. The highest BCUT2D eigenvalue weighted by molar-refractivity contribution is 7.99. The molecule has 0 bridgehead atoms. The van der Waals surface area contributed by atoms with Crippen LogP contribution < -0.4 is 5.32 Å². The van der Waals surface area contributed by atoms with Crippen molar-refractivity contribution in [3.8, 4) is 0 Å². The monoisotopic (exact) mass is 289 g/mol. The second kappa shape index (κ2) is 7.78. The number of rotatable bonds is 8. The number of hydrogen-bond acceptors (Lipinski definition) is 5. The van der Waals surface area contributed by atoms with Crippen LogP contribution in [0.3, 0.4) is 0 Å². The van der Waals surface area contributed by atoms with Gasteiger partial charge in [-0.05, 0) is 24.3 Å². The fourth-order valence-electron chi connectivity index (χ4n) is 1.32. The summed E-state index contributed by atoms with van der Waals surface area (Å²) in [6.45, 7) is 2.47. The predicted octanol–water partition coefficient (Wildman–Crippen LogP) is 1.42. The fraction of sp³-hybridized carbons (Fsp3) is 0.500. The average molecular weight is 289 g/mol. The van der Waals surface area contributed by atoms with Crippen LogP contribution >= 0.6 is 11.8 Å². The van der Waals surface area contributed by atoms with E-state index in [-0.39, 0.29) is 0 Å². The molecule has 4 nitrogen and oxygen atoms in total. The minimum atomic E-state index is -3.09. The first-order valence-corrected chi connectivity index (χ1v) is 8.54. The Balaban J connectivity index is 2.32. The highest BCUT2D eigenvalue weighted by Gasteiger charge is 2.05. The van der Waals surface area contributed by atoms with E-state index < -0.39 is 9.84 Å². The lowest BCUT2D eigenvalue weighted by molar-refractivity contribution is 0.200. The molecule has 0 fully saturated rings. The third-order valence-corrected chi connectivity index (χ3v) is 4.42. The van der Waals surface area contributed by atoms with Crippen LogP contribution in [0, 0.1) is 0 Å². The largest absolute Gasteiger partial charge is 0.383 e. The van der Waals surface area contributed by atoms with Crippen LogP contribution in [-0.4, -0.2) is 47.2 Å². The lowest BCUT2D eigenvalue weighted by Crippen LogP contribution is -2.21. The summed E-state index contributed by atoms with van der Waals surface area (Å²) < 4.78 is 27.5. The SMILES string of the molecule is COCCNCCSc1ccc(S(C)(=O)=O)cc1. The molecule has 1 rings (SSSR count). The maximum absolute atomic E-state index is 11.3. The molecule has 18 heavy (non-hydrogen) atoms. The van der Waals surface area contributed by atoms with E-state index >= 15 is 0 Å². The van der Waals surface area contributed by atoms with Crippen molar-refractivity contribution in [2.75, 3.05) is 38.8 Å². The Morgan fingerprint density at radius 2 is 1.89 bits per heavy atom. The third kappa shape index (κ3) is 5.86. The summed E-state index contributed by atoms with van der Waals surface area (Å²) in [7, 11) is -1.41. The summed E-state index contributed by atoms with van der Waals surface area (Å²) in [5, 5.41) is 3.25. The summed E-state index contributed by atoms with van der Waals surface area (Å²) in [6, 6.07) is 6.98. The Labute approximate surface area is 113 Å². The summed E-state index contributed by atoms with van der Waals surface area (Å²) >= 11 is 1.70. The van der Waals surface area contributed by atoms with Gasteiger partial charge in [0, 0.05) is 37.1 Å². The normalized spacial score (nSPS) is 11.7. The Bertz CT molecular complexity index is 443. The highest BCUT2D eigenvalue weighted by atomic mass is 32.2. The van der Waals surface area contributed by atoms with Gasteiger partial charge in [0.05, 0.1) is 11.5 Å². The van der Waals surface area contributed by atoms with Gasteiger partial charge in [0.1, 0.15) is 0 Å². The summed E-state index contributed by atoms with van der Waals surface area (Å²) in [5.74, 6) is 0.946. The predicted molar refractivity (Wildman–Crippen MR) is 75.0 cm³/mol. The van der Waals surface area contributed by atoms with Crippen LogP contribution in [0.5, 0.6) is 0 Å². The van der Waals surface area contributed by atoms with Crippen molar-refractivity contribution in [1.82, 2.24) is 5.32 Å². The van der Waals surface area contributed by atoms with Crippen molar-refractivity contribution in [3.05, 3.63) is 24.3 Å². The zero-order chi connectivity index (χ0) is 13.4. The van der Waals surface area contributed by atoms with Gasteiger partial charge in [-0.1, -0.05) is 0 Å².